The van der Waals surface area contributed by atoms with Crippen molar-refractivity contribution in [1.29, 1.82) is 0 Å². The van der Waals surface area contributed by atoms with E-state index < -0.39 is 0 Å². The van der Waals surface area contributed by atoms with Crippen molar-refractivity contribution in [3.63, 3.8) is 0 Å². The van der Waals surface area contributed by atoms with Gasteiger partial charge in [-0.3, -0.25) is 4.79 Å². The van der Waals surface area contributed by atoms with Crippen LogP contribution in [0.3, 0.4) is 0 Å². The second-order valence-electron chi connectivity index (χ2n) is 4.21. The summed E-state index contributed by atoms with van der Waals surface area (Å²) >= 11 is 0. The minimum absolute atomic E-state index is 0.00371. The van der Waals surface area contributed by atoms with E-state index in [2.05, 4.69) is 15.8 Å². The second-order valence-corrected chi connectivity index (χ2v) is 4.21. The smallest absolute Gasteiger partial charge is 0.259 e. The van der Waals surface area contributed by atoms with Gasteiger partial charge in [-0.05, 0) is 36.4 Å². The Labute approximate surface area is 121 Å². The molecule has 0 aliphatic carbocycles. The summed E-state index contributed by atoms with van der Waals surface area (Å²) in [5, 5.41) is 16.1. The zero-order chi connectivity index (χ0) is 15.1. The molecule has 2 aromatic rings. The molecule has 0 unspecified atom stereocenters. The number of anilines is 1. The van der Waals surface area contributed by atoms with Crippen LogP contribution >= 0.6 is 0 Å². The van der Waals surface area contributed by atoms with Gasteiger partial charge in [-0.15, -0.1) is 0 Å². The van der Waals surface area contributed by atoms with Crippen LogP contribution in [0.15, 0.2) is 53.6 Å². The van der Waals surface area contributed by atoms with Gasteiger partial charge in [-0.25, -0.2) is 9.82 Å². The average molecular weight is 287 g/mol. The molecule has 0 radical (unpaired) electrons. The highest BCUT2D eigenvalue weighted by Crippen LogP contribution is 2.12. The van der Waals surface area contributed by atoms with Crippen molar-refractivity contribution in [2.24, 2.45) is 5.10 Å². The molecular formula is C15H14FN3O2. The predicted molar refractivity (Wildman–Crippen MR) is 78.7 cm³/mol. The Morgan fingerprint density at radius 1 is 1.19 bits per heavy atom. The van der Waals surface area contributed by atoms with E-state index in [0.29, 0.717) is 11.3 Å². The van der Waals surface area contributed by atoms with Gasteiger partial charge < -0.3 is 10.4 Å². The third-order valence-corrected chi connectivity index (χ3v) is 2.63. The van der Waals surface area contributed by atoms with E-state index in [-0.39, 0.29) is 24.0 Å². The summed E-state index contributed by atoms with van der Waals surface area (Å²) in [5.41, 5.74) is 3.46. The number of aromatic hydroxyl groups is 1. The molecule has 0 saturated heterocycles. The standard InChI is InChI=1S/C15H14FN3O2/c16-12-5-7-13(8-6-12)17-10-15(21)19-18-9-11-3-1-2-4-14(11)20/h1-9,17,20H,10H2,(H,19,21)/b18-9+. The lowest BCUT2D eigenvalue weighted by atomic mass is 10.2. The lowest BCUT2D eigenvalue weighted by Gasteiger charge is -2.04. The Hall–Kier alpha value is -2.89. The molecule has 2 rings (SSSR count). The average Bonchev–Trinajstić information content (AvgIpc) is 2.49. The van der Waals surface area contributed by atoms with Gasteiger partial charge in [0.25, 0.3) is 5.91 Å². The molecule has 0 spiro atoms. The summed E-state index contributed by atoms with van der Waals surface area (Å²) in [7, 11) is 0. The number of phenolic OH excluding ortho intramolecular Hbond substituents is 1. The number of para-hydroxylation sites is 1. The van der Waals surface area contributed by atoms with Gasteiger partial charge >= 0.3 is 0 Å². The Bertz CT molecular complexity index is 642. The first-order valence-corrected chi connectivity index (χ1v) is 6.24. The van der Waals surface area contributed by atoms with Crippen molar-refractivity contribution in [1.82, 2.24) is 5.43 Å². The maximum Gasteiger partial charge on any atom is 0.259 e. The summed E-state index contributed by atoms with van der Waals surface area (Å²) in [6, 6.07) is 12.3. The number of nitrogens with zero attached hydrogens (tertiary/aromatic N) is 1. The quantitative estimate of drug-likeness (QED) is 0.582. The van der Waals surface area contributed by atoms with E-state index in [1.165, 1.54) is 36.5 Å². The number of hydrazone groups is 1. The zero-order valence-electron chi connectivity index (χ0n) is 11.1. The first-order chi connectivity index (χ1) is 10.1. The van der Waals surface area contributed by atoms with E-state index in [4.69, 9.17) is 0 Å². The fourth-order valence-corrected chi connectivity index (χ4v) is 1.56. The number of benzene rings is 2. The summed E-state index contributed by atoms with van der Waals surface area (Å²) in [6.07, 6.45) is 1.35. The number of halogens is 1. The Morgan fingerprint density at radius 2 is 1.90 bits per heavy atom. The fraction of sp³-hybridized carbons (Fsp3) is 0.0667. The SMILES string of the molecule is O=C(CNc1ccc(F)cc1)N/N=C/c1ccccc1O. The molecule has 21 heavy (non-hydrogen) atoms. The highest BCUT2D eigenvalue weighted by atomic mass is 19.1. The van der Waals surface area contributed by atoms with E-state index in [0.717, 1.165) is 0 Å². The zero-order valence-corrected chi connectivity index (χ0v) is 11.1. The topological polar surface area (TPSA) is 73.7 Å². The third-order valence-electron chi connectivity index (χ3n) is 2.63. The lowest BCUT2D eigenvalue weighted by molar-refractivity contribution is -0.119. The molecule has 0 heterocycles. The molecule has 5 nitrogen and oxygen atoms in total. The van der Waals surface area contributed by atoms with Gasteiger partial charge in [0, 0.05) is 11.3 Å². The van der Waals surface area contributed by atoms with Crippen LogP contribution in [0.5, 0.6) is 5.75 Å². The van der Waals surface area contributed by atoms with Gasteiger partial charge in [0.2, 0.25) is 0 Å². The Balaban J connectivity index is 1.80. The molecular weight excluding hydrogens is 273 g/mol. The monoisotopic (exact) mass is 287 g/mol. The van der Waals surface area contributed by atoms with Crippen LogP contribution in [0.4, 0.5) is 10.1 Å². The lowest BCUT2D eigenvalue weighted by Crippen LogP contribution is -2.25. The molecule has 0 fully saturated rings. The maximum absolute atomic E-state index is 12.7. The van der Waals surface area contributed by atoms with Gasteiger partial charge in [0.1, 0.15) is 11.6 Å². The number of carbonyl (C=O) groups excluding carboxylic acids is 1. The fourth-order valence-electron chi connectivity index (χ4n) is 1.56. The van der Waals surface area contributed by atoms with Gasteiger partial charge in [-0.1, -0.05) is 12.1 Å². The normalized spacial score (nSPS) is 10.5. The molecule has 0 aliphatic heterocycles. The summed E-state index contributed by atoms with van der Waals surface area (Å²) in [6.45, 7) is 0.00371. The first-order valence-electron chi connectivity index (χ1n) is 6.24. The minimum atomic E-state index is -0.356. The summed E-state index contributed by atoms with van der Waals surface area (Å²) in [5.74, 6) is -0.608. The van der Waals surface area contributed by atoms with Crippen LogP contribution in [0.1, 0.15) is 5.56 Å². The number of hydrogen-bond donors (Lipinski definition) is 3. The van der Waals surface area contributed by atoms with Crippen LogP contribution in [0.2, 0.25) is 0 Å². The maximum atomic E-state index is 12.7. The van der Waals surface area contributed by atoms with Crippen molar-refractivity contribution in [3.05, 3.63) is 59.9 Å². The molecule has 0 saturated carbocycles. The van der Waals surface area contributed by atoms with Crippen LogP contribution in [0, 0.1) is 5.82 Å². The molecule has 2 aromatic carbocycles. The van der Waals surface area contributed by atoms with Crippen molar-refractivity contribution >= 4 is 17.8 Å². The minimum Gasteiger partial charge on any atom is -0.507 e. The highest BCUT2D eigenvalue weighted by molar-refractivity contribution is 5.86. The Morgan fingerprint density at radius 3 is 2.62 bits per heavy atom. The van der Waals surface area contributed by atoms with Crippen LogP contribution in [-0.4, -0.2) is 23.8 Å². The molecule has 6 heteroatoms. The molecule has 1 amide bonds. The van der Waals surface area contributed by atoms with Gasteiger partial charge in [0.05, 0.1) is 12.8 Å². The van der Waals surface area contributed by atoms with Crippen LogP contribution < -0.4 is 10.7 Å². The highest BCUT2D eigenvalue weighted by Gasteiger charge is 2.00. The predicted octanol–water partition coefficient (Wildman–Crippen LogP) is 2.09. The Kier molecular flexibility index (Phi) is 4.87. The summed E-state index contributed by atoms with van der Waals surface area (Å²) < 4.78 is 12.7. The molecule has 0 atom stereocenters. The van der Waals surface area contributed by atoms with Gasteiger partial charge in [-0.2, -0.15) is 5.10 Å². The van der Waals surface area contributed by atoms with Crippen LogP contribution in [0.25, 0.3) is 0 Å². The van der Waals surface area contributed by atoms with E-state index in [9.17, 15) is 14.3 Å². The van der Waals surface area contributed by atoms with E-state index in [1.54, 1.807) is 18.2 Å². The molecule has 3 N–H and O–H groups in total. The van der Waals surface area contributed by atoms with Crippen molar-refractivity contribution < 1.29 is 14.3 Å². The number of carbonyl (C=O) groups is 1. The molecule has 0 aromatic heterocycles. The number of nitrogens with one attached hydrogen (secondary N) is 2. The van der Waals surface area contributed by atoms with Crippen molar-refractivity contribution in [3.8, 4) is 5.75 Å². The number of phenols is 1. The third kappa shape index (κ3) is 4.61. The number of rotatable bonds is 5. The van der Waals surface area contributed by atoms with E-state index in [1.807, 2.05) is 0 Å². The number of amides is 1. The molecule has 0 aliphatic rings. The molecule has 108 valence electrons. The largest absolute Gasteiger partial charge is 0.507 e. The van der Waals surface area contributed by atoms with E-state index >= 15 is 0 Å². The summed E-state index contributed by atoms with van der Waals surface area (Å²) in [4.78, 5) is 11.5. The molecule has 0 bridgehead atoms. The second kappa shape index (κ2) is 7.04. The first kappa shape index (κ1) is 14.5. The number of hydrogen-bond acceptors (Lipinski definition) is 4. The van der Waals surface area contributed by atoms with Gasteiger partial charge in [0.15, 0.2) is 0 Å². The van der Waals surface area contributed by atoms with Crippen molar-refractivity contribution in [2.75, 3.05) is 11.9 Å². The van der Waals surface area contributed by atoms with Crippen molar-refractivity contribution in [2.45, 2.75) is 0 Å². The van der Waals surface area contributed by atoms with Crippen LogP contribution in [-0.2, 0) is 4.79 Å².